The zero-order valence-electron chi connectivity index (χ0n) is 18.8. The van der Waals surface area contributed by atoms with Crippen molar-refractivity contribution >= 4 is 20.2 Å². The van der Waals surface area contributed by atoms with Crippen LogP contribution in [0.2, 0.25) is 18.1 Å². The minimum absolute atomic E-state index is 0.0381. The number of methoxy groups -OCH3 is 1. The van der Waals surface area contributed by atoms with Crippen LogP contribution in [0.15, 0.2) is 24.3 Å². The number of carbonyl (C=O) groups is 2. The maximum absolute atomic E-state index is 13.3. The molecule has 1 fully saturated rings. The van der Waals surface area contributed by atoms with E-state index in [1.54, 1.807) is 0 Å². The lowest BCUT2D eigenvalue weighted by molar-refractivity contribution is -0.179. The summed E-state index contributed by atoms with van der Waals surface area (Å²) in [6.07, 6.45) is -0.451. The molecule has 0 spiro atoms. The lowest BCUT2D eigenvalue weighted by atomic mass is 9.91. The highest BCUT2D eigenvalue weighted by Crippen LogP contribution is 2.44. The summed E-state index contributed by atoms with van der Waals surface area (Å²) in [6, 6.07) is 7.55. The largest absolute Gasteiger partial charge is 0.493 e. The zero-order chi connectivity index (χ0) is 22.1. The van der Waals surface area contributed by atoms with Crippen molar-refractivity contribution in [3.63, 3.8) is 0 Å². The standard InChI is InChI=1S/C22H33NO6Si/c1-22(2,3)30(5,6)29-16(12-20(25)26-4)11-19(24)23-21-15(14-28-23)13-27-18-10-8-7-9-17(18)21/h7-10,15-16,21H,11-14H2,1-6H3/t15-,16+,21+/m0/s1. The number of hydrogen-bond donors (Lipinski definition) is 0. The van der Waals surface area contributed by atoms with Crippen molar-refractivity contribution in [2.75, 3.05) is 20.3 Å². The Morgan fingerprint density at radius 2 is 1.90 bits per heavy atom. The lowest BCUT2D eigenvalue weighted by Crippen LogP contribution is -2.46. The van der Waals surface area contributed by atoms with Crippen LogP contribution in [0.25, 0.3) is 0 Å². The maximum Gasteiger partial charge on any atom is 0.308 e. The fraction of sp³-hybridized carbons (Fsp3) is 0.636. The normalized spacial score (nSPS) is 22.0. The van der Waals surface area contributed by atoms with E-state index in [2.05, 4.69) is 33.9 Å². The number of esters is 1. The third-order valence-corrected chi connectivity index (χ3v) is 10.9. The monoisotopic (exact) mass is 435 g/mol. The van der Waals surface area contributed by atoms with E-state index in [0.717, 1.165) is 11.3 Å². The number of fused-ring (bicyclic) bond motifs is 3. The third kappa shape index (κ3) is 4.71. The van der Waals surface area contributed by atoms with Gasteiger partial charge in [0.2, 0.25) is 5.91 Å². The van der Waals surface area contributed by atoms with Crippen LogP contribution in [-0.2, 0) is 23.6 Å². The molecule has 2 aliphatic heterocycles. The van der Waals surface area contributed by atoms with Crippen molar-refractivity contribution in [2.45, 2.75) is 63.9 Å². The number of carbonyl (C=O) groups excluding carboxylic acids is 2. The Hall–Kier alpha value is -1.90. The first-order valence-corrected chi connectivity index (χ1v) is 13.4. The molecule has 0 aliphatic carbocycles. The van der Waals surface area contributed by atoms with E-state index in [9.17, 15) is 9.59 Å². The quantitative estimate of drug-likeness (QED) is 0.499. The zero-order valence-corrected chi connectivity index (χ0v) is 19.8. The van der Waals surface area contributed by atoms with Crippen LogP contribution in [0, 0.1) is 5.92 Å². The molecule has 2 heterocycles. The van der Waals surface area contributed by atoms with E-state index < -0.39 is 14.4 Å². The van der Waals surface area contributed by atoms with Crippen LogP contribution >= 0.6 is 0 Å². The smallest absolute Gasteiger partial charge is 0.308 e. The summed E-state index contributed by atoms with van der Waals surface area (Å²) >= 11 is 0. The molecule has 0 aromatic heterocycles. The molecule has 7 nitrogen and oxygen atoms in total. The Labute approximate surface area is 179 Å². The summed E-state index contributed by atoms with van der Waals surface area (Å²) < 4.78 is 17.1. The topological polar surface area (TPSA) is 74.3 Å². The van der Waals surface area contributed by atoms with Crippen LogP contribution in [0.5, 0.6) is 5.75 Å². The van der Waals surface area contributed by atoms with Gasteiger partial charge in [-0.3, -0.25) is 14.4 Å². The van der Waals surface area contributed by atoms with Gasteiger partial charge >= 0.3 is 5.97 Å². The number of hydrogen-bond acceptors (Lipinski definition) is 6. The summed E-state index contributed by atoms with van der Waals surface area (Å²) in [5, 5.41) is 1.42. The highest BCUT2D eigenvalue weighted by Gasteiger charge is 2.45. The summed E-state index contributed by atoms with van der Waals surface area (Å²) in [6.45, 7) is 11.5. The summed E-state index contributed by atoms with van der Waals surface area (Å²) in [4.78, 5) is 31.1. The Balaban J connectivity index is 1.78. The van der Waals surface area contributed by atoms with Crippen molar-refractivity contribution < 1.29 is 28.3 Å². The molecule has 0 saturated carbocycles. The second-order valence-electron chi connectivity index (χ2n) is 9.55. The number of para-hydroxylation sites is 1. The highest BCUT2D eigenvalue weighted by molar-refractivity contribution is 6.74. The van der Waals surface area contributed by atoms with Gasteiger partial charge < -0.3 is 13.9 Å². The molecule has 3 rings (SSSR count). The Kier molecular flexibility index (Phi) is 6.59. The van der Waals surface area contributed by atoms with Gasteiger partial charge in [-0.15, -0.1) is 0 Å². The minimum atomic E-state index is -2.19. The van der Waals surface area contributed by atoms with Crippen LogP contribution in [-0.4, -0.2) is 51.7 Å². The number of amides is 1. The molecule has 1 aromatic carbocycles. The number of rotatable bonds is 6. The van der Waals surface area contributed by atoms with Crippen molar-refractivity contribution in [3.05, 3.63) is 29.8 Å². The van der Waals surface area contributed by atoms with Crippen molar-refractivity contribution in [3.8, 4) is 5.75 Å². The fourth-order valence-corrected chi connectivity index (χ4v) is 5.00. The second-order valence-corrected chi connectivity index (χ2v) is 14.3. The number of hydroxylamine groups is 2. The Bertz CT molecular complexity index is 790. The van der Waals surface area contributed by atoms with Gasteiger partial charge in [0.15, 0.2) is 8.32 Å². The average Bonchev–Trinajstić information content (AvgIpc) is 3.11. The van der Waals surface area contributed by atoms with Gasteiger partial charge in [0, 0.05) is 11.5 Å². The molecule has 0 unspecified atom stereocenters. The number of ether oxygens (including phenoxy) is 2. The van der Waals surface area contributed by atoms with E-state index in [0.29, 0.717) is 13.2 Å². The molecule has 1 aromatic rings. The van der Waals surface area contributed by atoms with E-state index >= 15 is 0 Å². The predicted molar refractivity (Wildman–Crippen MR) is 114 cm³/mol. The fourth-order valence-electron chi connectivity index (χ4n) is 3.64. The summed E-state index contributed by atoms with van der Waals surface area (Å²) in [5.74, 6) is 0.296. The first-order chi connectivity index (χ1) is 14.0. The summed E-state index contributed by atoms with van der Waals surface area (Å²) in [5.41, 5.74) is 0.953. The van der Waals surface area contributed by atoms with E-state index in [4.69, 9.17) is 18.7 Å². The molecule has 1 amide bonds. The van der Waals surface area contributed by atoms with Gasteiger partial charge in [-0.2, -0.15) is 0 Å². The SMILES string of the molecule is COC(=O)C[C@@H](CC(=O)N1OC[C@@H]2COc3ccccc3[C@@H]21)O[Si](C)(C)C(C)(C)C. The average molecular weight is 436 g/mol. The molecule has 3 atom stereocenters. The molecule has 0 radical (unpaired) electrons. The predicted octanol–water partition coefficient (Wildman–Crippen LogP) is 3.85. The van der Waals surface area contributed by atoms with Gasteiger partial charge in [0.05, 0.1) is 45.3 Å². The van der Waals surface area contributed by atoms with Gasteiger partial charge in [-0.05, 0) is 24.2 Å². The maximum atomic E-state index is 13.3. The van der Waals surface area contributed by atoms with Crippen LogP contribution in [0.4, 0.5) is 0 Å². The Morgan fingerprint density at radius 1 is 1.20 bits per heavy atom. The third-order valence-electron chi connectivity index (χ3n) is 6.36. The number of nitrogens with zero attached hydrogens (tertiary/aromatic N) is 1. The lowest BCUT2D eigenvalue weighted by Gasteiger charge is -2.39. The Morgan fingerprint density at radius 3 is 2.57 bits per heavy atom. The molecule has 30 heavy (non-hydrogen) atoms. The second kappa shape index (κ2) is 8.68. The van der Waals surface area contributed by atoms with Crippen LogP contribution < -0.4 is 4.74 Å². The molecule has 8 heteroatoms. The van der Waals surface area contributed by atoms with Gasteiger partial charge in [0.25, 0.3) is 0 Å². The molecule has 2 aliphatic rings. The van der Waals surface area contributed by atoms with E-state index in [1.165, 1.54) is 12.2 Å². The van der Waals surface area contributed by atoms with Crippen molar-refractivity contribution in [1.29, 1.82) is 0 Å². The van der Waals surface area contributed by atoms with Gasteiger partial charge in [0.1, 0.15) is 5.75 Å². The first kappa shape index (κ1) is 22.8. The molecular weight excluding hydrogens is 402 g/mol. The number of benzene rings is 1. The van der Waals surface area contributed by atoms with E-state index in [-0.39, 0.29) is 41.7 Å². The van der Waals surface area contributed by atoms with E-state index in [1.807, 2.05) is 24.3 Å². The minimum Gasteiger partial charge on any atom is -0.493 e. The molecule has 166 valence electrons. The van der Waals surface area contributed by atoms with Crippen LogP contribution in [0.1, 0.15) is 45.2 Å². The molecule has 0 bridgehead atoms. The van der Waals surface area contributed by atoms with Crippen LogP contribution in [0.3, 0.4) is 0 Å². The molecular formula is C22H33NO6Si. The van der Waals surface area contributed by atoms with Gasteiger partial charge in [-0.1, -0.05) is 39.0 Å². The molecule has 0 N–H and O–H groups in total. The molecule has 1 saturated heterocycles. The van der Waals surface area contributed by atoms with Crippen molar-refractivity contribution in [1.82, 2.24) is 5.06 Å². The summed E-state index contributed by atoms with van der Waals surface area (Å²) in [7, 11) is -0.838. The van der Waals surface area contributed by atoms with Crippen molar-refractivity contribution in [2.24, 2.45) is 5.92 Å². The highest BCUT2D eigenvalue weighted by atomic mass is 28.4. The first-order valence-electron chi connectivity index (χ1n) is 10.4. The van der Waals surface area contributed by atoms with Gasteiger partial charge in [-0.25, -0.2) is 5.06 Å².